The first kappa shape index (κ1) is 32.4. The molecule has 16 heteroatoms. The summed E-state index contributed by atoms with van der Waals surface area (Å²) in [7, 11) is 0. The third-order valence-electron chi connectivity index (χ3n) is 5.85. The third kappa shape index (κ3) is 9.75. The Bertz CT molecular complexity index is 1090. The van der Waals surface area contributed by atoms with Gasteiger partial charge in [0.1, 0.15) is 5.60 Å². The predicted octanol–water partition coefficient (Wildman–Crippen LogP) is 3.58. The molecular formula is C24H25F6N3O7. The van der Waals surface area contributed by atoms with Gasteiger partial charge in [0.15, 0.2) is 0 Å². The van der Waals surface area contributed by atoms with Crippen molar-refractivity contribution in [1.82, 2.24) is 14.9 Å². The molecule has 2 fully saturated rings. The van der Waals surface area contributed by atoms with Crippen molar-refractivity contribution < 1.29 is 60.4 Å². The van der Waals surface area contributed by atoms with Crippen LogP contribution in [0.2, 0.25) is 0 Å². The summed E-state index contributed by atoms with van der Waals surface area (Å²) in [5.41, 5.74) is 1.64. The quantitative estimate of drug-likeness (QED) is 0.387. The van der Waals surface area contributed by atoms with Gasteiger partial charge < -0.3 is 24.6 Å². The van der Waals surface area contributed by atoms with E-state index in [-0.39, 0.29) is 11.5 Å². The van der Waals surface area contributed by atoms with Gasteiger partial charge in [-0.05, 0) is 48.6 Å². The number of hydrogen-bond donors (Lipinski definition) is 2. The third-order valence-corrected chi connectivity index (χ3v) is 5.85. The number of carboxylic acids is 2. The standard InChI is InChI=1S/C20H23N3O3.2C2HF3O2/c24-19(17-3-9-22-10-4-17)23-14-20(15-23)18(6-12-26-20)5-11-25-13-16-1-7-21-8-2-16;2*3-2(4,5)1(6)7/h1-4,7-10,18H,5-6,11-15H2;2*(H,6,7). The first-order valence-corrected chi connectivity index (χ1v) is 11.6. The summed E-state index contributed by atoms with van der Waals surface area (Å²) < 4.78 is 75.3. The van der Waals surface area contributed by atoms with Crippen LogP contribution >= 0.6 is 0 Å². The predicted molar refractivity (Wildman–Crippen MR) is 123 cm³/mol. The fourth-order valence-corrected chi connectivity index (χ4v) is 3.86. The molecule has 4 rings (SSSR count). The Morgan fingerprint density at radius 3 is 1.88 bits per heavy atom. The summed E-state index contributed by atoms with van der Waals surface area (Å²) in [5, 5.41) is 14.2. The molecule has 1 unspecified atom stereocenters. The lowest BCUT2D eigenvalue weighted by atomic mass is 9.79. The second-order valence-electron chi connectivity index (χ2n) is 8.60. The molecule has 2 N–H and O–H groups in total. The molecule has 0 saturated carbocycles. The summed E-state index contributed by atoms with van der Waals surface area (Å²) in [6.45, 7) is 3.42. The van der Waals surface area contributed by atoms with Crippen LogP contribution in [0.4, 0.5) is 26.3 Å². The Labute approximate surface area is 223 Å². The van der Waals surface area contributed by atoms with Crippen molar-refractivity contribution in [1.29, 1.82) is 0 Å². The second-order valence-corrected chi connectivity index (χ2v) is 8.60. The van der Waals surface area contributed by atoms with Gasteiger partial charge in [0.2, 0.25) is 0 Å². The second kappa shape index (κ2) is 14.0. The molecule has 40 heavy (non-hydrogen) atoms. The number of likely N-dealkylation sites (tertiary alicyclic amines) is 1. The minimum Gasteiger partial charge on any atom is -0.475 e. The molecule has 0 aliphatic carbocycles. The first-order valence-electron chi connectivity index (χ1n) is 11.6. The number of aromatic nitrogens is 2. The summed E-state index contributed by atoms with van der Waals surface area (Å²) >= 11 is 0. The molecule has 220 valence electrons. The van der Waals surface area contributed by atoms with E-state index in [1.165, 1.54) is 0 Å². The van der Waals surface area contributed by atoms with Crippen LogP contribution in [0.1, 0.15) is 28.8 Å². The van der Waals surface area contributed by atoms with Crippen molar-refractivity contribution in [2.45, 2.75) is 37.4 Å². The molecule has 2 aliphatic heterocycles. The number of alkyl halides is 6. The van der Waals surface area contributed by atoms with E-state index in [4.69, 9.17) is 29.3 Å². The number of carboxylic acid groups (broad SMARTS) is 2. The molecule has 0 aromatic carbocycles. The minimum atomic E-state index is -5.08. The van der Waals surface area contributed by atoms with Crippen LogP contribution < -0.4 is 0 Å². The van der Waals surface area contributed by atoms with E-state index >= 15 is 0 Å². The van der Waals surface area contributed by atoms with Gasteiger partial charge in [-0.1, -0.05) is 0 Å². The average Bonchev–Trinajstić information content (AvgIpc) is 3.30. The number of carbonyl (C=O) groups is 3. The largest absolute Gasteiger partial charge is 0.490 e. The van der Waals surface area contributed by atoms with Crippen molar-refractivity contribution in [3.8, 4) is 0 Å². The van der Waals surface area contributed by atoms with Gasteiger partial charge in [-0.3, -0.25) is 14.8 Å². The number of pyridine rings is 2. The van der Waals surface area contributed by atoms with Crippen LogP contribution in [0.3, 0.4) is 0 Å². The van der Waals surface area contributed by atoms with Gasteiger partial charge in [-0.2, -0.15) is 26.3 Å². The van der Waals surface area contributed by atoms with E-state index in [2.05, 4.69) is 9.97 Å². The van der Waals surface area contributed by atoms with E-state index in [0.717, 1.165) is 25.0 Å². The van der Waals surface area contributed by atoms with Crippen LogP contribution in [-0.4, -0.2) is 87.2 Å². The molecule has 2 aliphatic rings. The number of aliphatic carboxylic acids is 2. The topological polar surface area (TPSA) is 139 Å². The maximum atomic E-state index is 12.5. The first-order chi connectivity index (χ1) is 18.7. The number of hydrogen-bond acceptors (Lipinski definition) is 7. The Balaban J connectivity index is 0.000000333. The smallest absolute Gasteiger partial charge is 0.475 e. The zero-order valence-corrected chi connectivity index (χ0v) is 20.7. The number of carbonyl (C=O) groups excluding carboxylic acids is 1. The Hall–Kier alpha value is -3.79. The van der Waals surface area contributed by atoms with E-state index in [1.54, 1.807) is 36.9 Å². The van der Waals surface area contributed by atoms with E-state index in [0.29, 0.717) is 37.8 Å². The number of nitrogens with zero attached hydrogens (tertiary/aromatic N) is 3. The fourth-order valence-electron chi connectivity index (χ4n) is 3.86. The van der Waals surface area contributed by atoms with Crippen LogP contribution in [0.15, 0.2) is 49.1 Å². The van der Waals surface area contributed by atoms with Gasteiger partial charge >= 0.3 is 24.3 Å². The van der Waals surface area contributed by atoms with Crippen molar-refractivity contribution in [3.05, 3.63) is 60.2 Å². The molecule has 2 aromatic heterocycles. The number of halogens is 6. The highest BCUT2D eigenvalue weighted by Crippen LogP contribution is 2.42. The maximum Gasteiger partial charge on any atom is 0.490 e. The van der Waals surface area contributed by atoms with Crippen LogP contribution in [-0.2, 0) is 25.7 Å². The van der Waals surface area contributed by atoms with Crippen LogP contribution in [0.25, 0.3) is 0 Å². The average molecular weight is 581 g/mol. The lowest BCUT2D eigenvalue weighted by Gasteiger charge is -2.50. The summed E-state index contributed by atoms with van der Waals surface area (Å²) in [4.78, 5) is 40.1. The maximum absolute atomic E-state index is 12.5. The zero-order valence-electron chi connectivity index (χ0n) is 20.7. The van der Waals surface area contributed by atoms with E-state index in [1.807, 2.05) is 17.0 Å². The summed E-state index contributed by atoms with van der Waals surface area (Å²) in [6, 6.07) is 7.45. The molecule has 2 saturated heterocycles. The summed E-state index contributed by atoms with van der Waals surface area (Å²) in [5.74, 6) is -5.01. The molecule has 4 heterocycles. The molecule has 0 bridgehead atoms. The number of amides is 1. The molecule has 1 atom stereocenters. The van der Waals surface area contributed by atoms with Crippen molar-refractivity contribution in [2.75, 3.05) is 26.3 Å². The summed E-state index contributed by atoms with van der Waals surface area (Å²) in [6.07, 6.45) is -1.31. The van der Waals surface area contributed by atoms with Crippen molar-refractivity contribution in [3.63, 3.8) is 0 Å². The molecule has 1 amide bonds. The van der Waals surface area contributed by atoms with Crippen molar-refractivity contribution >= 4 is 17.8 Å². The van der Waals surface area contributed by atoms with Gasteiger partial charge in [0.05, 0.1) is 19.7 Å². The Kier molecular flexibility index (Phi) is 11.4. The molecule has 1 spiro atoms. The van der Waals surface area contributed by atoms with Crippen LogP contribution in [0, 0.1) is 5.92 Å². The molecular weight excluding hydrogens is 556 g/mol. The molecule has 2 aromatic rings. The fraction of sp³-hybridized carbons (Fsp3) is 0.458. The van der Waals surface area contributed by atoms with Gasteiger partial charge in [0.25, 0.3) is 5.91 Å². The lowest BCUT2D eigenvalue weighted by Crippen LogP contribution is -2.66. The molecule has 0 radical (unpaired) electrons. The van der Waals surface area contributed by atoms with Crippen molar-refractivity contribution in [2.24, 2.45) is 5.92 Å². The highest BCUT2D eigenvalue weighted by molar-refractivity contribution is 5.94. The van der Waals surface area contributed by atoms with Gasteiger partial charge in [-0.15, -0.1) is 0 Å². The number of ether oxygens (including phenoxy) is 2. The van der Waals surface area contributed by atoms with Gasteiger partial charge in [-0.25, -0.2) is 9.59 Å². The SMILES string of the molecule is O=C(O)C(F)(F)F.O=C(O)C(F)(F)F.O=C(c1ccncc1)N1CC2(C1)OCCC2CCOCc1ccncc1. The highest BCUT2D eigenvalue weighted by Gasteiger charge is 2.54. The Morgan fingerprint density at radius 2 is 1.40 bits per heavy atom. The minimum absolute atomic E-state index is 0.0567. The number of rotatable bonds is 6. The Morgan fingerprint density at radius 1 is 0.925 bits per heavy atom. The zero-order chi connectivity index (χ0) is 30.0. The highest BCUT2D eigenvalue weighted by atomic mass is 19.4. The monoisotopic (exact) mass is 581 g/mol. The van der Waals surface area contributed by atoms with E-state index in [9.17, 15) is 31.1 Å². The van der Waals surface area contributed by atoms with Crippen LogP contribution in [0.5, 0.6) is 0 Å². The van der Waals surface area contributed by atoms with E-state index < -0.39 is 24.3 Å². The molecule has 10 nitrogen and oxygen atoms in total. The lowest BCUT2D eigenvalue weighted by molar-refractivity contribution is -0.193. The normalized spacial score (nSPS) is 17.6. The van der Waals surface area contributed by atoms with Gasteiger partial charge in [0, 0.05) is 43.6 Å².